The molecule has 0 aliphatic carbocycles. The lowest BCUT2D eigenvalue weighted by Crippen LogP contribution is -2.20. The molecule has 1 aromatic heterocycles. The molecule has 6 nitrogen and oxygen atoms in total. The van der Waals surface area contributed by atoms with E-state index in [9.17, 15) is 4.79 Å². The minimum atomic E-state index is -0.0233. The van der Waals surface area contributed by atoms with E-state index in [1.165, 1.54) is 0 Å². The predicted molar refractivity (Wildman–Crippen MR) is 102 cm³/mol. The van der Waals surface area contributed by atoms with Gasteiger partial charge in [0.2, 0.25) is 0 Å². The van der Waals surface area contributed by atoms with Crippen LogP contribution in [0.2, 0.25) is 0 Å². The Labute approximate surface area is 154 Å². The second-order valence-electron chi connectivity index (χ2n) is 5.98. The molecule has 6 heteroatoms. The van der Waals surface area contributed by atoms with Crippen LogP contribution in [0.3, 0.4) is 0 Å². The van der Waals surface area contributed by atoms with E-state index in [0.717, 1.165) is 29.9 Å². The number of hydrogen-bond donors (Lipinski definition) is 1. The predicted octanol–water partition coefficient (Wildman–Crippen LogP) is 1.92. The summed E-state index contributed by atoms with van der Waals surface area (Å²) < 4.78 is 17.4. The monoisotopic (exact) mass is 360 g/mol. The summed E-state index contributed by atoms with van der Waals surface area (Å²) in [5.41, 5.74) is 3.07. The molecular formula is C20H28N2O4. The highest BCUT2D eigenvalue weighted by molar-refractivity contribution is 5.35. The van der Waals surface area contributed by atoms with Crippen LogP contribution < -0.4 is 10.9 Å². The molecule has 26 heavy (non-hydrogen) atoms. The van der Waals surface area contributed by atoms with Crippen molar-refractivity contribution in [2.75, 3.05) is 46.7 Å². The fraction of sp³-hybridized carbons (Fsp3) is 0.450. The van der Waals surface area contributed by atoms with Gasteiger partial charge < -0.3 is 19.5 Å². The van der Waals surface area contributed by atoms with Crippen LogP contribution in [-0.2, 0) is 20.8 Å². The SMILES string of the molecule is COCCOCCOCCNCc1ccc(-n2cc(C)ccc2=O)cc1. The quantitative estimate of drug-likeness (QED) is 0.586. The zero-order valence-electron chi connectivity index (χ0n) is 15.6. The average molecular weight is 360 g/mol. The van der Waals surface area contributed by atoms with Crippen molar-refractivity contribution < 1.29 is 14.2 Å². The van der Waals surface area contributed by atoms with Crippen molar-refractivity contribution in [1.82, 2.24) is 9.88 Å². The molecule has 2 aromatic rings. The van der Waals surface area contributed by atoms with Gasteiger partial charge in [-0.15, -0.1) is 0 Å². The Morgan fingerprint density at radius 1 is 0.923 bits per heavy atom. The maximum Gasteiger partial charge on any atom is 0.255 e. The Bertz CT molecular complexity index is 698. The first-order chi connectivity index (χ1) is 12.7. The minimum absolute atomic E-state index is 0.0233. The first-order valence-corrected chi connectivity index (χ1v) is 8.84. The lowest BCUT2D eigenvalue weighted by Gasteiger charge is -2.09. The molecular weight excluding hydrogens is 332 g/mol. The van der Waals surface area contributed by atoms with Crippen molar-refractivity contribution in [3.8, 4) is 5.69 Å². The van der Waals surface area contributed by atoms with Gasteiger partial charge in [-0.3, -0.25) is 9.36 Å². The van der Waals surface area contributed by atoms with E-state index in [-0.39, 0.29) is 5.56 Å². The summed E-state index contributed by atoms with van der Waals surface area (Å²) in [6.07, 6.45) is 1.85. The Hall–Kier alpha value is -1.99. The van der Waals surface area contributed by atoms with Crippen LogP contribution >= 0.6 is 0 Å². The number of nitrogens with one attached hydrogen (secondary N) is 1. The molecule has 1 N–H and O–H groups in total. The lowest BCUT2D eigenvalue weighted by molar-refractivity contribution is 0.0255. The Balaban J connectivity index is 1.65. The molecule has 0 bridgehead atoms. The number of nitrogens with zero attached hydrogens (tertiary/aromatic N) is 1. The highest BCUT2D eigenvalue weighted by Crippen LogP contribution is 2.08. The van der Waals surface area contributed by atoms with Gasteiger partial charge in [-0.2, -0.15) is 0 Å². The molecule has 0 atom stereocenters. The molecule has 0 aliphatic rings. The van der Waals surface area contributed by atoms with Gasteiger partial charge in [0, 0.05) is 38.1 Å². The number of benzene rings is 1. The largest absolute Gasteiger partial charge is 0.382 e. The van der Waals surface area contributed by atoms with Gasteiger partial charge in [-0.1, -0.05) is 18.2 Å². The normalized spacial score (nSPS) is 11.0. The zero-order chi connectivity index (χ0) is 18.6. The summed E-state index contributed by atoms with van der Waals surface area (Å²) in [5, 5.41) is 3.34. The summed E-state index contributed by atoms with van der Waals surface area (Å²) in [6.45, 7) is 6.54. The van der Waals surface area contributed by atoms with Crippen LogP contribution in [0.25, 0.3) is 5.69 Å². The van der Waals surface area contributed by atoms with Crippen molar-refractivity contribution in [2.45, 2.75) is 13.5 Å². The Morgan fingerprint density at radius 3 is 2.35 bits per heavy atom. The Morgan fingerprint density at radius 2 is 1.62 bits per heavy atom. The number of ether oxygens (including phenoxy) is 3. The van der Waals surface area contributed by atoms with Gasteiger partial charge in [0.05, 0.1) is 33.0 Å². The Kier molecular flexibility index (Phi) is 9.06. The number of hydrogen-bond acceptors (Lipinski definition) is 5. The molecule has 0 fully saturated rings. The molecule has 0 radical (unpaired) electrons. The smallest absolute Gasteiger partial charge is 0.255 e. The second kappa shape index (κ2) is 11.6. The summed E-state index contributed by atoms with van der Waals surface area (Å²) in [4.78, 5) is 11.9. The maximum absolute atomic E-state index is 11.9. The van der Waals surface area contributed by atoms with Crippen LogP contribution in [0.1, 0.15) is 11.1 Å². The summed E-state index contributed by atoms with van der Waals surface area (Å²) >= 11 is 0. The number of aryl methyl sites for hydroxylation is 1. The van der Waals surface area contributed by atoms with Gasteiger partial charge in [-0.25, -0.2) is 0 Å². The van der Waals surface area contributed by atoms with Crippen molar-refractivity contribution in [3.63, 3.8) is 0 Å². The molecule has 0 unspecified atom stereocenters. The van der Waals surface area contributed by atoms with E-state index in [4.69, 9.17) is 14.2 Å². The summed E-state index contributed by atoms with van der Waals surface area (Å²) in [6, 6.07) is 11.4. The fourth-order valence-corrected chi connectivity index (χ4v) is 2.41. The molecule has 0 aliphatic heterocycles. The van der Waals surface area contributed by atoms with Crippen molar-refractivity contribution in [3.05, 3.63) is 64.1 Å². The second-order valence-corrected chi connectivity index (χ2v) is 5.98. The van der Waals surface area contributed by atoms with Gasteiger partial charge in [0.25, 0.3) is 5.56 Å². The number of methoxy groups -OCH3 is 1. The van der Waals surface area contributed by atoms with Crippen LogP contribution in [0.5, 0.6) is 0 Å². The molecule has 142 valence electrons. The van der Waals surface area contributed by atoms with Crippen molar-refractivity contribution in [1.29, 1.82) is 0 Å². The van der Waals surface area contributed by atoms with Crippen LogP contribution in [0.4, 0.5) is 0 Å². The van der Waals surface area contributed by atoms with Crippen LogP contribution in [0.15, 0.2) is 47.4 Å². The van der Waals surface area contributed by atoms with E-state index in [1.807, 2.05) is 43.5 Å². The van der Waals surface area contributed by atoms with Gasteiger partial charge >= 0.3 is 0 Å². The standard InChI is InChI=1S/C20H28N2O4/c1-17-3-8-20(23)22(16-17)19-6-4-18(5-7-19)15-21-9-10-25-13-14-26-12-11-24-2/h3-8,16,21H,9-15H2,1-2H3. The topological polar surface area (TPSA) is 61.7 Å². The summed E-state index contributed by atoms with van der Waals surface area (Å²) in [7, 11) is 1.65. The molecule has 1 heterocycles. The van der Waals surface area contributed by atoms with E-state index in [1.54, 1.807) is 17.7 Å². The first kappa shape index (κ1) is 20.3. The van der Waals surface area contributed by atoms with Gasteiger partial charge in [0.15, 0.2) is 0 Å². The van der Waals surface area contributed by atoms with Crippen molar-refractivity contribution in [2.24, 2.45) is 0 Å². The maximum atomic E-state index is 11.9. The van der Waals surface area contributed by atoms with E-state index >= 15 is 0 Å². The molecule has 1 aromatic carbocycles. The van der Waals surface area contributed by atoms with Crippen LogP contribution in [0, 0.1) is 6.92 Å². The highest BCUT2D eigenvalue weighted by atomic mass is 16.5. The lowest BCUT2D eigenvalue weighted by atomic mass is 10.2. The van der Waals surface area contributed by atoms with Crippen molar-refractivity contribution >= 4 is 0 Å². The van der Waals surface area contributed by atoms with E-state index in [0.29, 0.717) is 33.0 Å². The third kappa shape index (κ3) is 7.09. The molecule has 0 saturated carbocycles. The van der Waals surface area contributed by atoms with E-state index < -0.39 is 0 Å². The average Bonchev–Trinajstić information content (AvgIpc) is 2.66. The third-order valence-electron chi connectivity index (χ3n) is 3.83. The van der Waals surface area contributed by atoms with Crippen LogP contribution in [-0.4, -0.2) is 51.3 Å². The number of aromatic nitrogens is 1. The summed E-state index contributed by atoms with van der Waals surface area (Å²) in [5.74, 6) is 0. The molecule has 0 amide bonds. The van der Waals surface area contributed by atoms with E-state index in [2.05, 4.69) is 5.32 Å². The molecule has 0 spiro atoms. The van der Waals surface area contributed by atoms with Gasteiger partial charge in [0.1, 0.15) is 0 Å². The minimum Gasteiger partial charge on any atom is -0.382 e. The first-order valence-electron chi connectivity index (χ1n) is 8.84. The van der Waals surface area contributed by atoms with Gasteiger partial charge in [-0.05, 0) is 30.2 Å². The zero-order valence-corrected chi connectivity index (χ0v) is 15.6. The number of rotatable bonds is 12. The third-order valence-corrected chi connectivity index (χ3v) is 3.83. The molecule has 2 rings (SSSR count). The fourth-order valence-electron chi connectivity index (χ4n) is 2.41. The number of pyridine rings is 1. The molecule has 0 saturated heterocycles. The highest BCUT2D eigenvalue weighted by Gasteiger charge is 2.00.